The van der Waals surface area contributed by atoms with Gasteiger partial charge >= 0.3 is 0 Å². The van der Waals surface area contributed by atoms with Gasteiger partial charge in [0.15, 0.2) is 0 Å². The van der Waals surface area contributed by atoms with E-state index >= 15 is 0 Å². The number of carbonyl (C=O) groups is 1. The fourth-order valence-electron chi connectivity index (χ4n) is 1.22. The average molecular weight is 221 g/mol. The molecule has 0 aliphatic rings. The maximum atomic E-state index is 10.7. The van der Waals surface area contributed by atoms with Gasteiger partial charge < -0.3 is 15.6 Å². The second-order valence-electron chi connectivity index (χ2n) is 3.28. The highest BCUT2D eigenvalue weighted by Crippen LogP contribution is 2.10. The molecular weight excluding hydrogens is 206 g/mol. The van der Waals surface area contributed by atoms with Crippen LogP contribution in [0.3, 0.4) is 0 Å². The number of hydrogen-bond acceptors (Lipinski definition) is 3. The number of rotatable bonds is 6. The van der Waals surface area contributed by atoms with Crippen molar-refractivity contribution in [3.05, 3.63) is 42.2 Å². The highest BCUT2D eigenvalue weighted by atomic mass is 16.5. The molecule has 0 radical (unpaired) electrons. The smallest absolute Gasteiger partial charge is 0.247 e. The van der Waals surface area contributed by atoms with Gasteiger partial charge in [-0.15, -0.1) is 0 Å². The number of carbonyl (C=O) groups excluding carboxylic acids is 1. The first-order valence-corrected chi connectivity index (χ1v) is 5.05. The van der Waals surface area contributed by atoms with Gasteiger partial charge in [-0.1, -0.05) is 18.2 Å². The highest BCUT2D eigenvalue weighted by Gasteiger charge is 2.04. The minimum atomic E-state index is -0.595. The molecule has 3 N–H and O–H groups in total. The van der Waals surface area contributed by atoms with E-state index in [1.807, 2.05) is 30.3 Å². The molecule has 0 heterocycles. The molecule has 1 aromatic rings. The highest BCUT2D eigenvalue weighted by molar-refractivity contribution is 5.91. The third kappa shape index (κ3) is 4.04. The van der Waals surface area contributed by atoms with Crippen LogP contribution in [0.25, 0.3) is 0 Å². The number of aliphatic hydroxyl groups excluding tert-OH is 1. The lowest BCUT2D eigenvalue weighted by molar-refractivity contribution is -0.114. The Bertz CT molecular complexity index is 360. The lowest BCUT2D eigenvalue weighted by atomic mass is 10.1. The van der Waals surface area contributed by atoms with E-state index in [-0.39, 0.29) is 5.57 Å². The predicted molar refractivity (Wildman–Crippen MR) is 61.1 cm³/mol. The second kappa shape index (κ2) is 6.50. The molecule has 0 saturated heterocycles. The molecule has 4 heteroatoms. The van der Waals surface area contributed by atoms with Crippen molar-refractivity contribution in [2.75, 3.05) is 6.61 Å². The predicted octanol–water partition coefficient (Wildman–Crippen LogP) is 1.77. The summed E-state index contributed by atoms with van der Waals surface area (Å²) in [5, 5.41) is 8.71. The monoisotopic (exact) mass is 221 g/mol. The number of ether oxygens (including phenoxy) is 1. The first kappa shape index (κ1) is 12.1. The molecule has 0 spiro atoms. The number of amides is 1. The normalized spacial score (nSPS) is 11.1. The van der Waals surface area contributed by atoms with E-state index in [0.29, 0.717) is 19.4 Å². The molecule has 0 fully saturated rings. The van der Waals surface area contributed by atoms with Crippen LogP contribution in [0.5, 0.6) is 5.75 Å². The van der Waals surface area contributed by atoms with Crippen molar-refractivity contribution >= 4 is 5.91 Å². The molecule has 0 bridgehead atoms. The average Bonchev–Trinajstić information content (AvgIpc) is 2.30. The number of primary amides is 1. The van der Waals surface area contributed by atoms with Crippen LogP contribution >= 0.6 is 0 Å². The standard InChI is InChI=1S/C12H15NO3/c13-12(15)10(9-14)5-4-8-16-11-6-2-1-3-7-11/h1-3,6-7,9,14H,4-5,8H2,(H2,13,15). The van der Waals surface area contributed by atoms with Gasteiger partial charge in [-0.3, -0.25) is 4.79 Å². The molecule has 0 atom stereocenters. The van der Waals surface area contributed by atoms with Crippen LogP contribution < -0.4 is 10.5 Å². The summed E-state index contributed by atoms with van der Waals surface area (Å²) in [5.41, 5.74) is 5.25. The summed E-state index contributed by atoms with van der Waals surface area (Å²) in [5.74, 6) is 0.193. The zero-order chi connectivity index (χ0) is 11.8. The van der Waals surface area contributed by atoms with Crippen LogP contribution in [-0.2, 0) is 4.79 Å². The second-order valence-corrected chi connectivity index (χ2v) is 3.28. The third-order valence-corrected chi connectivity index (χ3v) is 2.07. The van der Waals surface area contributed by atoms with E-state index in [9.17, 15) is 4.79 Å². The molecule has 0 aliphatic carbocycles. The van der Waals surface area contributed by atoms with Crippen LogP contribution in [0, 0.1) is 0 Å². The maximum absolute atomic E-state index is 10.7. The summed E-state index contributed by atoms with van der Waals surface area (Å²) in [6, 6.07) is 9.40. The number of hydrogen-bond donors (Lipinski definition) is 2. The van der Waals surface area contributed by atoms with Crippen molar-refractivity contribution in [3.63, 3.8) is 0 Å². The molecular formula is C12H15NO3. The maximum Gasteiger partial charge on any atom is 0.247 e. The Morgan fingerprint density at radius 1 is 1.38 bits per heavy atom. The van der Waals surface area contributed by atoms with Crippen molar-refractivity contribution in [1.29, 1.82) is 0 Å². The van der Waals surface area contributed by atoms with Crippen molar-refractivity contribution in [2.45, 2.75) is 12.8 Å². The van der Waals surface area contributed by atoms with E-state index in [4.69, 9.17) is 15.6 Å². The van der Waals surface area contributed by atoms with E-state index in [1.165, 1.54) is 0 Å². The largest absolute Gasteiger partial charge is 0.515 e. The molecule has 0 unspecified atom stereocenters. The van der Waals surface area contributed by atoms with Crippen LogP contribution in [0.1, 0.15) is 12.8 Å². The van der Waals surface area contributed by atoms with Gasteiger partial charge in [0, 0.05) is 0 Å². The SMILES string of the molecule is NC(=O)C(=CO)CCCOc1ccccc1. The fourth-order valence-corrected chi connectivity index (χ4v) is 1.22. The Morgan fingerprint density at radius 2 is 2.06 bits per heavy atom. The molecule has 4 nitrogen and oxygen atoms in total. The van der Waals surface area contributed by atoms with Gasteiger partial charge in [-0.2, -0.15) is 0 Å². The van der Waals surface area contributed by atoms with E-state index in [1.54, 1.807) is 0 Å². The first-order chi connectivity index (χ1) is 7.74. The minimum absolute atomic E-state index is 0.219. The topological polar surface area (TPSA) is 72.6 Å². The lowest BCUT2D eigenvalue weighted by Gasteiger charge is -2.05. The quantitative estimate of drug-likeness (QED) is 0.437. The summed E-state index contributed by atoms with van der Waals surface area (Å²) in [7, 11) is 0. The Hall–Kier alpha value is -1.97. The van der Waals surface area contributed by atoms with Gasteiger partial charge in [0.1, 0.15) is 5.75 Å². The molecule has 0 aromatic heterocycles. The van der Waals surface area contributed by atoms with Gasteiger partial charge in [0.2, 0.25) is 5.91 Å². The molecule has 1 aromatic carbocycles. The number of nitrogens with two attached hydrogens (primary N) is 1. The Kier molecular flexibility index (Phi) is 4.92. The van der Waals surface area contributed by atoms with E-state index in [2.05, 4.69) is 0 Å². The fraction of sp³-hybridized carbons (Fsp3) is 0.250. The van der Waals surface area contributed by atoms with E-state index in [0.717, 1.165) is 12.0 Å². The van der Waals surface area contributed by atoms with Gasteiger partial charge in [-0.25, -0.2) is 0 Å². The minimum Gasteiger partial charge on any atom is -0.515 e. The molecule has 0 saturated carbocycles. The number of benzene rings is 1. The molecule has 86 valence electrons. The van der Waals surface area contributed by atoms with Crippen LogP contribution in [0.2, 0.25) is 0 Å². The van der Waals surface area contributed by atoms with Gasteiger partial charge in [0.25, 0.3) is 0 Å². The van der Waals surface area contributed by atoms with Crippen molar-refractivity contribution < 1.29 is 14.6 Å². The first-order valence-electron chi connectivity index (χ1n) is 5.05. The third-order valence-electron chi connectivity index (χ3n) is 2.07. The molecule has 1 amide bonds. The van der Waals surface area contributed by atoms with Crippen molar-refractivity contribution in [2.24, 2.45) is 5.73 Å². The van der Waals surface area contributed by atoms with Crippen LogP contribution in [0.4, 0.5) is 0 Å². The summed E-state index contributed by atoms with van der Waals surface area (Å²) < 4.78 is 5.42. The Labute approximate surface area is 94.3 Å². The Morgan fingerprint density at radius 3 is 2.62 bits per heavy atom. The van der Waals surface area contributed by atoms with Gasteiger partial charge in [0.05, 0.1) is 18.4 Å². The summed E-state index contributed by atoms with van der Waals surface area (Å²) in [4.78, 5) is 10.7. The van der Waals surface area contributed by atoms with Gasteiger partial charge in [-0.05, 0) is 25.0 Å². The molecule has 1 rings (SSSR count). The summed E-state index contributed by atoms with van der Waals surface area (Å²) in [6.45, 7) is 0.481. The number of para-hydroxylation sites is 1. The zero-order valence-corrected chi connectivity index (χ0v) is 8.93. The Balaban J connectivity index is 2.25. The van der Waals surface area contributed by atoms with Crippen molar-refractivity contribution in [3.8, 4) is 5.75 Å². The van der Waals surface area contributed by atoms with Crippen molar-refractivity contribution in [1.82, 2.24) is 0 Å². The lowest BCUT2D eigenvalue weighted by Crippen LogP contribution is -2.14. The summed E-state index contributed by atoms with van der Waals surface area (Å²) >= 11 is 0. The zero-order valence-electron chi connectivity index (χ0n) is 8.93. The van der Waals surface area contributed by atoms with Crippen LogP contribution in [-0.4, -0.2) is 17.6 Å². The van der Waals surface area contributed by atoms with E-state index < -0.39 is 5.91 Å². The van der Waals surface area contributed by atoms with Crippen LogP contribution in [0.15, 0.2) is 42.2 Å². The number of aliphatic hydroxyl groups is 1. The summed E-state index contributed by atoms with van der Waals surface area (Å²) in [6.07, 6.45) is 1.80. The molecule has 16 heavy (non-hydrogen) atoms. The molecule has 0 aliphatic heterocycles.